The number of amides is 1. The second kappa shape index (κ2) is 7.59. The number of carbonyl (C=O) groups excluding carboxylic acids is 1. The monoisotopic (exact) mass is 437 g/mol. The predicted octanol–water partition coefficient (Wildman–Crippen LogP) is 5.16. The summed E-state index contributed by atoms with van der Waals surface area (Å²) in [7, 11) is 0. The molecule has 2 aromatic carbocycles. The molecule has 8 heteroatoms. The zero-order chi connectivity index (χ0) is 22.4. The van der Waals surface area contributed by atoms with Crippen molar-refractivity contribution in [2.24, 2.45) is 0 Å². The fourth-order valence-corrected chi connectivity index (χ4v) is 4.24. The van der Waals surface area contributed by atoms with Gasteiger partial charge >= 0.3 is 0 Å². The van der Waals surface area contributed by atoms with Crippen molar-refractivity contribution in [3.8, 4) is 11.6 Å². The lowest BCUT2D eigenvalue weighted by molar-refractivity contribution is -0.116. The zero-order valence-corrected chi connectivity index (χ0v) is 17.8. The minimum Gasteiger partial charge on any atom is -0.461 e. The smallest absolute Gasteiger partial charge is 0.238 e. The molecule has 4 aromatic heterocycles. The molecule has 33 heavy (non-hydrogen) atoms. The molecular weight excluding hydrogens is 418 g/mol. The van der Waals surface area contributed by atoms with E-state index in [-0.39, 0.29) is 12.3 Å². The number of anilines is 1. The molecule has 1 N–H and O–H groups in total. The molecule has 0 unspecified atom stereocenters. The summed E-state index contributed by atoms with van der Waals surface area (Å²) in [6.07, 6.45) is 2.07. The average Bonchev–Trinajstić information content (AvgIpc) is 3.58. The predicted molar refractivity (Wildman–Crippen MR) is 124 cm³/mol. The molecule has 0 bridgehead atoms. The molecule has 0 atom stereocenters. The Bertz CT molecular complexity index is 1630. The van der Waals surface area contributed by atoms with Crippen LogP contribution in [0.1, 0.15) is 18.1 Å². The first-order valence-corrected chi connectivity index (χ1v) is 10.6. The second-order valence-electron chi connectivity index (χ2n) is 7.79. The first-order chi connectivity index (χ1) is 16.2. The van der Waals surface area contributed by atoms with E-state index in [2.05, 4.69) is 19.9 Å². The Morgan fingerprint density at radius 1 is 1.00 bits per heavy atom. The molecule has 6 aromatic rings. The largest absolute Gasteiger partial charge is 0.461 e. The van der Waals surface area contributed by atoms with E-state index >= 15 is 0 Å². The van der Waals surface area contributed by atoms with Crippen molar-refractivity contribution in [3.63, 3.8) is 0 Å². The second-order valence-corrected chi connectivity index (χ2v) is 7.79. The number of fused-ring (bicyclic) bond motifs is 5. The Hall–Kier alpha value is -4.46. The van der Waals surface area contributed by atoms with Crippen molar-refractivity contribution in [1.29, 1.82) is 0 Å². The van der Waals surface area contributed by atoms with E-state index in [0.29, 0.717) is 23.9 Å². The number of nitrogens with one attached hydrogen (secondary N) is 1. The Morgan fingerprint density at radius 2 is 1.82 bits per heavy atom. The van der Waals surface area contributed by atoms with Crippen LogP contribution in [0.25, 0.3) is 38.9 Å². The van der Waals surface area contributed by atoms with Crippen LogP contribution in [0.4, 0.5) is 5.69 Å². The highest BCUT2D eigenvalue weighted by Crippen LogP contribution is 2.36. The third-order valence-electron chi connectivity index (χ3n) is 5.68. The van der Waals surface area contributed by atoms with Crippen LogP contribution >= 0.6 is 0 Å². The average molecular weight is 437 g/mol. The van der Waals surface area contributed by atoms with Gasteiger partial charge in [0.15, 0.2) is 5.76 Å². The third kappa shape index (κ3) is 3.23. The number of rotatable bonds is 5. The van der Waals surface area contributed by atoms with Gasteiger partial charge in [-0.3, -0.25) is 9.20 Å². The lowest BCUT2D eigenvalue weighted by Crippen LogP contribution is -2.12. The number of para-hydroxylation sites is 2. The summed E-state index contributed by atoms with van der Waals surface area (Å²) in [4.78, 5) is 22.1. The van der Waals surface area contributed by atoms with Gasteiger partial charge in [-0.05, 0) is 31.2 Å². The Kier molecular flexibility index (Phi) is 4.43. The van der Waals surface area contributed by atoms with Crippen molar-refractivity contribution in [3.05, 3.63) is 78.6 Å². The molecule has 162 valence electrons. The molecule has 6 rings (SSSR count). The maximum atomic E-state index is 13.0. The van der Waals surface area contributed by atoms with E-state index in [4.69, 9.17) is 13.9 Å². The number of hydrogen-bond donors (Lipinski definition) is 1. The molecule has 4 heterocycles. The summed E-state index contributed by atoms with van der Waals surface area (Å²) < 4.78 is 12.7. The minimum absolute atomic E-state index is 0.135. The van der Waals surface area contributed by atoms with Gasteiger partial charge in [0.1, 0.15) is 5.82 Å². The Labute approximate surface area is 187 Å². The molecule has 1 amide bonds. The molecule has 0 aliphatic heterocycles. The SMILES string of the molecule is Cc1nc2ccccc2c2c(NC(=O)CCc3nc(-c4ccco4)no3)c3ccccc3n12. The number of carbonyl (C=O) groups is 1. The summed E-state index contributed by atoms with van der Waals surface area (Å²) in [5.74, 6) is 2.00. The molecule has 0 fully saturated rings. The van der Waals surface area contributed by atoms with Gasteiger partial charge in [0.2, 0.25) is 17.6 Å². The number of aromatic nitrogens is 4. The summed E-state index contributed by atoms with van der Waals surface area (Å²) in [6, 6.07) is 19.5. The topological polar surface area (TPSA) is 98.5 Å². The van der Waals surface area contributed by atoms with Crippen LogP contribution in [0.3, 0.4) is 0 Å². The van der Waals surface area contributed by atoms with E-state index < -0.39 is 0 Å². The number of hydrogen-bond acceptors (Lipinski definition) is 6. The third-order valence-corrected chi connectivity index (χ3v) is 5.68. The van der Waals surface area contributed by atoms with Gasteiger partial charge in [0.05, 0.1) is 28.5 Å². The van der Waals surface area contributed by atoms with Crippen LogP contribution < -0.4 is 5.32 Å². The van der Waals surface area contributed by atoms with E-state index in [1.165, 1.54) is 0 Å². The van der Waals surface area contributed by atoms with Crippen molar-refractivity contribution in [2.75, 3.05) is 5.32 Å². The van der Waals surface area contributed by atoms with Crippen LogP contribution in [0.2, 0.25) is 0 Å². The summed E-state index contributed by atoms with van der Waals surface area (Å²) in [5, 5.41) is 9.00. The minimum atomic E-state index is -0.135. The molecule has 8 nitrogen and oxygen atoms in total. The van der Waals surface area contributed by atoms with Gasteiger partial charge < -0.3 is 14.3 Å². The molecule has 0 saturated heterocycles. The van der Waals surface area contributed by atoms with Crippen molar-refractivity contribution in [2.45, 2.75) is 19.8 Å². The van der Waals surface area contributed by atoms with Gasteiger partial charge in [-0.2, -0.15) is 4.98 Å². The highest BCUT2D eigenvalue weighted by molar-refractivity contribution is 6.16. The zero-order valence-electron chi connectivity index (χ0n) is 17.8. The van der Waals surface area contributed by atoms with E-state index in [1.54, 1.807) is 18.4 Å². The molecule has 0 radical (unpaired) electrons. The number of furan rings is 1. The quantitative estimate of drug-likeness (QED) is 0.400. The van der Waals surface area contributed by atoms with Crippen LogP contribution in [-0.2, 0) is 11.2 Å². The molecule has 0 saturated carbocycles. The van der Waals surface area contributed by atoms with Gasteiger partial charge in [-0.1, -0.05) is 41.6 Å². The Balaban J connectivity index is 1.34. The molecule has 0 aliphatic rings. The summed E-state index contributed by atoms with van der Waals surface area (Å²) in [6.45, 7) is 1.98. The first kappa shape index (κ1) is 19.2. The molecule has 0 spiro atoms. The van der Waals surface area contributed by atoms with E-state index in [9.17, 15) is 4.79 Å². The lowest BCUT2D eigenvalue weighted by atomic mass is 10.1. The maximum absolute atomic E-state index is 13.0. The maximum Gasteiger partial charge on any atom is 0.238 e. The highest BCUT2D eigenvalue weighted by atomic mass is 16.5. The highest BCUT2D eigenvalue weighted by Gasteiger charge is 2.19. The Morgan fingerprint density at radius 3 is 2.67 bits per heavy atom. The number of aryl methyl sites for hydroxylation is 2. The summed E-state index contributed by atoms with van der Waals surface area (Å²) in [5.41, 5.74) is 3.60. The van der Waals surface area contributed by atoms with E-state index in [1.807, 2.05) is 55.5 Å². The van der Waals surface area contributed by atoms with Crippen molar-refractivity contribution in [1.82, 2.24) is 19.5 Å². The number of nitrogens with zero attached hydrogens (tertiary/aromatic N) is 4. The molecular formula is C25H19N5O3. The van der Waals surface area contributed by atoms with Crippen LogP contribution in [-0.4, -0.2) is 25.4 Å². The van der Waals surface area contributed by atoms with Gasteiger partial charge in [-0.15, -0.1) is 0 Å². The standard InChI is InChI=1S/C25H19N5O3/c1-15-26-18-9-4-2-7-16(18)24-23(17-8-3-5-10-19(17)30(15)24)27-21(31)12-13-22-28-25(29-33-22)20-11-6-14-32-20/h2-11,14H,12-13H2,1H3,(H,27,31). The number of benzene rings is 2. The molecule has 0 aliphatic carbocycles. The lowest BCUT2D eigenvalue weighted by Gasteiger charge is -2.09. The fourth-order valence-electron chi connectivity index (χ4n) is 4.24. The van der Waals surface area contributed by atoms with Crippen molar-refractivity contribution < 1.29 is 13.7 Å². The van der Waals surface area contributed by atoms with Gasteiger partial charge in [0, 0.05) is 23.6 Å². The normalized spacial score (nSPS) is 11.5. The van der Waals surface area contributed by atoms with Gasteiger partial charge in [-0.25, -0.2) is 4.98 Å². The van der Waals surface area contributed by atoms with Crippen molar-refractivity contribution >= 4 is 38.9 Å². The van der Waals surface area contributed by atoms with Crippen LogP contribution in [0.5, 0.6) is 0 Å². The van der Waals surface area contributed by atoms with E-state index in [0.717, 1.165) is 38.8 Å². The van der Waals surface area contributed by atoms with Crippen LogP contribution in [0.15, 0.2) is 75.9 Å². The first-order valence-electron chi connectivity index (χ1n) is 10.6. The van der Waals surface area contributed by atoms with Crippen LogP contribution in [0, 0.1) is 6.92 Å². The van der Waals surface area contributed by atoms with Gasteiger partial charge in [0.25, 0.3) is 0 Å². The summed E-state index contributed by atoms with van der Waals surface area (Å²) >= 11 is 0. The fraction of sp³-hybridized carbons (Fsp3) is 0.120.